The first-order chi connectivity index (χ1) is 9.65. The molecule has 0 bridgehead atoms. The van der Waals surface area contributed by atoms with Gasteiger partial charge >= 0.3 is 0 Å². The summed E-state index contributed by atoms with van der Waals surface area (Å²) < 4.78 is 16.2. The molecular weight excluding hydrogens is 253 g/mol. The van der Waals surface area contributed by atoms with E-state index in [1.54, 1.807) is 6.07 Å². The molecule has 1 saturated heterocycles. The number of nitrogens with one attached hydrogen (secondary N) is 1. The third-order valence-electron chi connectivity index (χ3n) is 4.31. The maximum absolute atomic E-state index is 14.0. The zero-order chi connectivity index (χ0) is 14.2. The van der Waals surface area contributed by atoms with E-state index in [0.29, 0.717) is 5.52 Å². The zero-order valence-corrected chi connectivity index (χ0v) is 12.2. The number of para-hydroxylation sites is 1. The molecule has 4 heteroatoms. The van der Waals surface area contributed by atoms with Crippen molar-refractivity contribution in [2.24, 2.45) is 0 Å². The molecule has 1 aliphatic rings. The topological polar surface area (TPSA) is 29.9 Å². The lowest BCUT2D eigenvalue weighted by Gasteiger charge is -2.34. The van der Waals surface area contributed by atoms with Gasteiger partial charge in [-0.1, -0.05) is 19.9 Å². The van der Waals surface area contributed by atoms with Crippen molar-refractivity contribution in [3.05, 3.63) is 29.8 Å². The highest BCUT2D eigenvalue weighted by molar-refractivity contribution is 5.77. The van der Waals surface area contributed by atoms with Crippen LogP contribution in [0.25, 0.3) is 11.0 Å². The van der Waals surface area contributed by atoms with Crippen LogP contribution in [-0.2, 0) is 12.0 Å². The fraction of sp³-hybridized carbons (Fsp3) is 0.562. The second kappa shape index (κ2) is 5.17. The Morgan fingerprint density at radius 1 is 1.45 bits per heavy atom. The number of hydrogen-bond acceptors (Lipinski definition) is 2. The molecule has 0 radical (unpaired) electrons. The molecule has 1 N–H and O–H groups in total. The van der Waals surface area contributed by atoms with Gasteiger partial charge in [0.2, 0.25) is 0 Å². The molecule has 0 saturated carbocycles. The molecule has 2 heterocycles. The van der Waals surface area contributed by atoms with Crippen molar-refractivity contribution >= 4 is 11.0 Å². The van der Waals surface area contributed by atoms with Gasteiger partial charge in [0.15, 0.2) is 5.82 Å². The Morgan fingerprint density at radius 3 is 3.00 bits per heavy atom. The molecule has 1 aromatic carbocycles. The molecule has 3 nitrogen and oxygen atoms in total. The van der Waals surface area contributed by atoms with Gasteiger partial charge in [-0.05, 0) is 37.9 Å². The smallest absolute Gasteiger partial charge is 0.151 e. The van der Waals surface area contributed by atoms with Crippen molar-refractivity contribution < 1.29 is 4.39 Å². The van der Waals surface area contributed by atoms with E-state index in [1.165, 1.54) is 6.07 Å². The van der Waals surface area contributed by atoms with Crippen LogP contribution in [0.1, 0.15) is 38.9 Å². The standard InChI is InChI=1S/C16H22FN3/c1-3-10-20-13-7-4-6-12(17)14(13)19-15(20)16(2)8-5-9-18-11-16/h4,6-7,18H,3,5,8-11H2,1-2H3. The van der Waals surface area contributed by atoms with E-state index in [2.05, 4.69) is 28.7 Å². The van der Waals surface area contributed by atoms with E-state index in [9.17, 15) is 4.39 Å². The average Bonchev–Trinajstić information content (AvgIpc) is 2.82. The lowest BCUT2D eigenvalue weighted by molar-refractivity contribution is 0.314. The quantitative estimate of drug-likeness (QED) is 0.932. The predicted molar refractivity (Wildman–Crippen MR) is 79.4 cm³/mol. The maximum atomic E-state index is 14.0. The van der Waals surface area contributed by atoms with Gasteiger partial charge in [0.1, 0.15) is 11.3 Å². The van der Waals surface area contributed by atoms with Crippen molar-refractivity contribution in [3.63, 3.8) is 0 Å². The van der Waals surface area contributed by atoms with Gasteiger partial charge in [-0.25, -0.2) is 9.37 Å². The lowest BCUT2D eigenvalue weighted by atomic mass is 9.82. The largest absolute Gasteiger partial charge is 0.327 e. The Labute approximate surface area is 119 Å². The molecule has 3 rings (SSSR count). The van der Waals surface area contributed by atoms with Gasteiger partial charge in [0.05, 0.1) is 5.52 Å². The predicted octanol–water partition coefficient (Wildman–Crippen LogP) is 3.23. The number of aryl methyl sites for hydroxylation is 1. The van der Waals surface area contributed by atoms with Crippen LogP contribution in [0.3, 0.4) is 0 Å². The Bertz CT molecular complexity index is 611. The van der Waals surface area contributed by atoms with Gasteiger partial charge in [-0.15, -0.1) is 0 Å². The van der Waals surface area contributed by atoms with Crippen molar-refractivity contribution in [1.82, 2.24) is 14.9 Å². The summed E-state index contributed by atoms with van der Waals surface area (Å²) in [7, 11) is 0. The SMILES string of the molecule is CCCn1c(C2(C)CCCNC2)nc2c(F)cccc21. The van der Waals surface area contributed by atoms with Gasteiger partial charge in [0, 0.05) is 18.5 Å². The van der Waals surface area contributed by atoms with E-state index in [4.69, 9.17) is 0 Å². The summed E-state index contributed by atoms with van der Waals surface area (Å²) in [5, 5.41) is 3.46. The van der Waals surface area contributed by atoms with Crippen molar-refractivity contribution in [1.29, 1.82) is 0 Å². The van der Waals surface area contributed by atoms with Crippen LogP contribution in [0, 0.1) is 5.82 Å². The van der Waals surface area contributed by atoms with E-state index >= 15 is 0 Å². The number of aromatic nitrogens is 2. The average molecular weight is 275 g/mol. The summed E-state index contributed by atoms with van der Waals surface area (Å²) in [6.07, 6.45) is 3.28. The molecule has 2 aromatic rings. The van der Waals surface area contributed by atoms with Crippen molar-refractivity contribution in [3.8, 4) is 0 Å². The van der Waals surface area contributed by atoms with Crippen molar-refractivity contribution in [2.75, 3.05) is 13.1 Å². The van der Waals surface area contributed by atoms with Gasteiger partial charge < -0.3 is 9.88 Å². The monoisotopic (exact) mass is 275 g/mol. The molecule has 1 unspecified atom stereocenters. The maximum Gasteiger partial charge on any atom is 0.151 e. The Balaban J connectivity index is 2.18. The first-order valence-electron chi connectivity index (χ1n) is 7.51. The molecule has 1 aliphatic heterocycles. The minimum atomic E-state index is -0.217. The number of fused-ring (bicyclic) bond motifs is 1. The third kappa shape index (κ3) is 2.12. The number of rotatable bonds is 3. The summed E-state index contributed by atoms with van der Waals surface area (Å²) in [5.74, 6) is 0.817. The molecule has 20 heavy (non-hydrogen) atoms. The first-order valence-corrected chi connectivity index (χ1v) is 7.51. The van der Waals surface area contributed by atoms with Gasteiger partial charge in [0.25, 0.3) is 0 Å². The van der Waals surface area contributed by atoms with E-state index < -0.39 is 0 Å². The fourth-order valence-corrected chi connectivity index (χ4v) is 3.27. The zero-order valence-electron chi connectivity index (χ0n) is 12.2. The van der Waals surface area contributed by atoms with Crippen LogP contribution in [0.4, 0.5) is 4.39 Å². The van der Waals surface area contributed by atoms with Crippen LogP contribution in [0.5, 0.6) is 0 Å². The summed E-state index contributed by atoms with van der Waals surface area (Å²) in [6, 6.07) is 5.25. The highest BCUT2D eigenvalue weighted by atomic mass is 19.1. The number of imidazole rings is 1. The molecular formula is C16H22FN3. The van der Waals surface area contributed by atoms with Crippen molar-refractivity contribution in [2.45, 2.75) is 45.1 Å². The number of hydrogen-bond donors (Lipinski definition) is 1. The number of piperidine rings is 1. The Kier molecular flexibility index (Phi) is 3.50. The summed E-state index contributed by atoms with van der Waals surface area (Å²) in [5.41, 5.74) is 1.44. The summed E-state index contributed by atoms with van der Waals surface area (Å²) in [6.45, 7) is 7.27. The lowest BCUT2D eigenvalue weighted by Crippen LogP contribution is -2.42. The van der Waals surface area contributed by atoms with E-state index in [1.807, 2.05) is 6.07 Å². The second-order valence-electron chi connectivity index (χ2n) is 6.04. The third-order valence-corrected chi connectivity index (χ3v) is 4.31. The Morgan fingerprint density at radius 2 is 2.30 bits per heavy atom. The number of nitrogens with zero attached hydrogens (tertiary/aromatic N) is 2. The molecule has 1 fully saturated rings. The molecule has 0 aliphatic carbocycles. The highest BCUT2D eigenvalue weighted by Crippen LogP contribution is 2.33. The molecule has 0 amide bonds. The van der Waals surface area contributed by atoms with Crippen LogP contribution in [-0.4, -0.2) is 22.6 Å². The molecule has 0 spiro atoms. The second-order valence-corrected chi connectivity index (χ2v) is 6.04. The van der Waals surface area contributed by atoms with Crippen LogP contribution < -0.4 is 5.32 Å². The van der Waals surface area contributed by atoms with E-state index in [0.717, 1.165) is 50.2 Å². The first kappa shape index (κ1) is 13.6. The summed E-state index contributed by atoms with van der Waals surface area (Å²) >= 11 is 0. The number of benzene rings is 1. The highest BCUT2D eigenvalue weighted by Gasteiger charge is 2.34. The van der Waals surface area contributed by atoms with Crippen LogP contribution in [0.2, 0.25) is 0 Å². The van der Waals surface area contributed by atoms with E-state index in [-0.39, 0.29) is 11.2 Å². The Hall–Kier alpha value is -1.42. The van der Waals surface area contributed by atoms with Gasteiger partial charge in [-0.2, -0.15) is 0 Å². The minimum Gasteiger partial charge on any atom is -0.327 e. The van der Waals surface area contributed by atoms with Crippen LogP contribution in [0.15, 0.2) is 18.2 Å². The fourth-order valence-electron chi connectivity index (χ4n) is 3.27. The minimum absolute atomic E-state index is 0.00111. The molecule has 108 valence electrons. The van der Waals surface area contributed by atoms with Crippen LogP contribution >= 0.6 is 0 Å². The molecule has 1 atom stereocenters. The molecule has 1 aromatic heterocycles. The summed E-state index contributed by atoms with van der Waals surface area (Å²) in [4.78, 5) is 4.67. The van der Waals surface area contributed by atoms with Gasteiger partial charge in [-0.3, -0.25) is 0 Å². The normalized spacial score (nSPS) is 23.4. The number of halogens is 1.